The highest BCUT2D eigenvalue weighted by atomic mass is 35.5. The second-order valence-electron chi connectivity index (χ2n) is 6.88. The number of nitrogens with one attached hydrogen (secondary N) is 2. The van der Waals surface area contributed by atoms with Crippen molar-refractivity contribution in [3.05, 3.63) is 59.7 Å². The van der Waals surface area contributed by atoms with Crippen LogP contribution >= 0.6 is 12.4 Å². The average molecular weight is 424 g/mol. The van der Waals surface area contributed by atoms with Crippen molar-refractivity contribution >= 4 is 34.0 Å². The molecular weight excluding hydrogens is 398 g/mol. The van der Waals surface area contributed by atoms with E-state index in [9.17, 15) is 13.2 Å². The van der Waals surface area contributed by atoms with E-state index >= 15 is 0 Å². The highest BCUT2D eigenvalue weighted by Gasteiger charge is 2.24. The number of nitrogens with zero attached hydrogens (tertiary/aromatic N) is 1. The van der Waals surface area contributed by atoms with Crippen molar-refractivity contribution in [2.75, 3.05) is 24.9 Å². The molecule has 1 fully saturated rings. The Kier molecular flexibility index (Phi) is 7.46. The third kappa shape index (κ3) is 5.25. The van der Waals surface area contributed by atoms with Crippen LogP contribution in [0.4, 0.5) is 5.69 Å². The first-order chi connectivity index (χ1) is 12.9. The molecule has 1 atom stereocenters. The Morgan fingerprint density at radius 3 is 2.61 bits per heavy atom. The highest BCUT2D eigenvalue weighted by molar-refractivity contribution is 7.92. The van der Waals surface area contributed by atoms with Crippen LogP contribution in [-0.2, 0) is 10.0 Å². The van der Waals surface area contributed by atoms with Gasteiger partial charge in [0.15, 0.2) is 0 Å². The Bertz CT molecular complexity index is 934. The summed E-state index contributed by atoms with van der Waals surface area (Å²) in [6.45, 7) is 3.22. The summed E-state index contributed by atoms with van der Waals surface area (Å²) < 4.78 is 28.0. The summed E-state index contributed by atoms with van der Waals surface area (Å²) in [6, 6.07) is 13.6. The predicted molar refractivity (Wildman–Crippen MR) is 114 cm³/mol. The Morgan fingerprint density at radius 1 is 1.14 bits per heavy atom. The summed E-state index contributed by atoms with van der Waals surface area (Å²) >= 11 is 0. The molecule has 152 valence electrons. The first kappa shape index (κ1) is 22.2. The topological polar surface area (TPSA) is 78.5 Å². The van der Waals surface area contributed by atoms with Crippen molar-refractivity contribution in [3.63, 3.8) is 0 Å². The molecule has 1 amide bonds. The molecule has 3 rings (SSSR count). The minimum atomic E-state index is -3.77. The van der Waals surface area contributed by atoms with Crippen molar-refractivity contribution in [1.29, 1.82) is 0 Å². The molecule has 0 aliphatic carbocycles. The van der Waals surface area contributed by atoms with Crippen LogP contribution in [0.25, 0.3) is 0 Å². The quantitative estimate of drug-likeness (QED) is 0.774. The Morgan fingerprint density at radius 2 is 1.89 bits per heavy atom. The second kappa shape index (κ2) is 9.41. The Labute approximate surface area is 172 Å². The van der Waals surface area contributed by atoms with Crippen LogP contribution in [0.5, 0.6) is 0 Å². The molecule has 1 aliphatic rings. The van der Waals surface area contributed by atoms with Gasteiger partial charge >= 0.3 is 0 Å². The number of rotatable bonds is 5. The fourth-order valence-electron chi connectivity index (χ4n) is 3.30. The first-order valence-corrected chi connectivity index (χ1v) is 10.5. The molecule has 0 aromatic heterocycles. The molecule has 2 aromatic carbocycles. The highest BCUT2D eigenvalue weighted by Crippen LogP contribution is 2.20. The zero-order valence-corrected chi connectivity index (χ0v) is 17.6. The molecule has 1 unspecified atom stereocenters. The van der Waals surface area contributed by atoms with Crippen molar-refractivity contribution in [3.8, 4) is 0 Å². The molecule has 0 bridgehead atoms. The van der Waals surface area contributed by atoms with Gasteiger partial charge in [0.1, 0.15) is 0 Å². The van der Waals surface area contributed by atoms with Gasteiger partial charge in [0.2, 0.25) is 0 Å². The normalized spacial score (nSPS) is 16.9. The lowest BCUT2D eigenvalue weighted by Gasteiger charge is -2.32. The number of amides is 1. The van der Waals surface area contributed by atoms with Gasteiger partial charge in [0.05, 0.1) is 4.90 Å². The fourth-order valence-corrected chi connectivity index (χ4v) is 4.39. The van der Waals surface area contributed by atoms with Crippen molar-refractivity contribution in [2.24, 2.45) is 0 Å². The Balaban J connectivity index is 0.00000280. The minimum Gasteiger partial charge on any atom is -0.337 e. The summed E-state index contributed by atoms with van der Waals surface area (Å²) in [4.78, 5) is 14.7. The molecule has 6 nitrogen and oxygen atoms in total. The van der Waals surface area contributed by atoms with Gasteiger partial charge in [0.25, 0.3) is 15.9 Å². The van der Waals surface area contributed by atoms with Crippen LogP contribution in [-0.4, -0.2) is 45.4 Å². The summed E-state index contributed by atoms with van der Waals surface area (Å²) in [5.41, 5.74) is 1.85. The number of anilines is 1. The number of carbonyl (C=O) groups is 1. The maximum atomic E-state index is 12.8. The number of carbonyl (C=O) groups excluding carboxylic acids is 1. The van der Waals surface area contributed by atoms with Gasteiger partial charge in [-0.1, -0.05) is 18.2 Å². The number of likely N-dealkylation sites (N-methyl/N-ethyl adjacent to an activating group) is 1. The minimum absolute atomic E-state index is 0. The van der Waals surface area contributed by atoms with Crippen LogP contribution in [0.3, 0.4) is 0 Å². The van der Waals surface area contributed by atoms with E-state index in [4.69, 9.17) is 0 Å². The van der Waals surface area contributed by atoms with Crippen LogP contribution < -0.4 is 10.0 Å². The van der Waals surface area contributed by atoms with Gasteiger partial charge in [-0.2, -0.15) is 0 Å². The van der Waals surface area contributed by atoms with E-state index in [1.807, 2.05) is 20.0 Å². The van der Waals surface area contributed by atoms with Gasteiger partial charge in [-0.15, -0.1) is 12.4 Å². The lowest BCUT2D eigenvalue weighted by molar-refractivity contribution is 0.0698. The maximum absolute atomic E-state index is 12.8. The zero-order valence-electron chi connectivity index (χ0n) is 16.0. The van der Waals surface area contributed by atoms with Gasteiger partial charge in [-0.3, -0.25) is 9.52 Å². The Hall–Kier alpha value is -2.09. The molecule has 0 radical (unpaired) electrons. The van der Waals surface area contributed by atoms with E-state index in [-0.39, 0.29) is 29.3 Å². The van der Waals surface area contributed by atoms with Gasteiger partial charge < -0.3 is 10.2 Å². The fraction of sp³-hybridized carbons (Fsp3) is 0.350. The molecule has 28 heavy (non-hydrogen) atoms. The largest absolute Gasteiger partial charge is 0.337 e. The number of sulfonamides is 1. The third-order valence-electron chi connectivity index (χ3n) is 4.78. The van der Waals surface area contributed by atoms with E-state index in [0.717, 1.165) is 18.4 Å². The lowest BCUT2D eigenvalue weighted by atomic mass is 10.0. The molecular formula is C20H26ClN3O3S. The second-order valence-corrected chi connectivity index (χ2v) is 8.56. The summed E-state index contributed by atoms with van der Waals surface area (Å²) in [6.07, 6.45) is 1.97. The van der Waals surface area contributed by atoms with Crippen LogP contribution in [0.2, 0.25) is 0 Å². The number of benzene rings is 2. The van der Waals surface area contributed by atoms with E-state index in [0.29, 0.717) is 24.3 Å². The van der Waals surface area contributed by atoms with Gasteiger partial charge in [-0.05, 0) is 62.7 Å². The van der Waals surface area contributed by atoms with Crippen LogP contribution in [0.15, 0.2) is 53.4 Å². The molecule has 8 heteroatoms. The number of hydrogen-bond acceptors (Lipinski definition) is 4. The molecule has 2 N–H and O–H groups in total. The van der Waals surface area contributed by atoms with Crippen LogP contribution in [0.1, 0.15) is 28.8 Å². The first-order valence-electron chi connectivity index (χ1n) is 9.05. The molecule has 1 saturated heterocycles. The lowest BCUT2D eigenvalue weighted by Crippen LogP contribution is -2.47. The van der Waals surface area contributed by atoms with E-state index in [1.165, 1.54) is 12.1 Å². The maximum Gasteiger partial charge on any atom is 0.261 e. The average Bonchev–Trinajstić information content (AvgIpc) is 2.67. The molecule has 2 aromatic rings. The van der Waals surface area contributed by atoms with Crippen molar-refractivity contribution < 1.29 is 13.2 Å². The summed E-state index contributed by atoms with van der Waals surface area (Å²) in [5.74, 6) is -0.137. The van der Waals surface area contributed by atoms with E-state index < -0.39 is 10.0 Å². The monoisotopic (exact) mass is 423 g/mol. The number of hydrogen-bond donors (Lipinski definition) is 2. The molecule has 1 aliphatic heterocycles. The van der Waals surface area contributed by atoms with Crippen LogP contribution in [0, 0.1) is 6.92 Å². The van der Waals surface area contributed by atoms with Gasteiger partial charge in [-0.25, -0.2) is 8.42 Å². The summed E-state index contributed by atoms with van der Waals surface area (Å²) in [7, 11) is -1.87. The van der Waals surface area contributed by atoms with Crippen molar-refractivity contribution in [1.82, 2.24) is 10.2 Å². The molecule has 0 saturated carbocycles. The third-order valence-corrected chi connectivity index (χ3v) is 6.16. The number of likely N-dealkylation sites (tertiary alicyclic amines) is 1. The van der Waals surface area contributed by atoms with Gasteiger partial charge in [0, 0.05) is 30.4 Å². The number of halogens is 1. The van der Waals surface area contributed by atoms with E-state index in [2.05, 4.69) is 10.0 Å². The smallest absolute Gasteiger partial charge is 0.261 e. The molecule has 1 heterocycles. The van der Waals surface area contributed by atoms with Crippen molar-refractivity contribution in [2.45, 2.75) is 30.7 Å². The SMILES string of the molecule is CNC1CCCN(C(=O)c2cccc(S(=O)(=O)Nc3cccc(C)c3)c2)C1.Cl. The molecule has 0 spiro atoms. The summed E-state index contributed by atoms with van der Waals surface area (Å²) in [5, 5.41) is 3.21. The number of piperidine rings is 1. The predicted octanol–water partition coefficient (Wildman–Crippen LogP) is 3.04. The standard InChI is InChI=1S/C20H25N3O3S.ClH/c1-15-6-3-8-17(12-15)22-27(25,26)19-10-4-7-16(13-19)20(24)23-11-5-9-18(14-23)21-2;/h3-4,6-8,10,12-13,18,21-22H,5,9,11,14H2,1-2H3;1H. The number of aryl methyl sites for hydroxylation is 1. The zero-order chi connectivity index (χ0) is 19.4. The van der Waals surface area contributed by atoms with E-state index in [1.54, 1.807) is 35.2 Å².